The lowest BCUT2D eigenvalue weighted by molar-refractivity contribution is -0.119. The van der Waals surface area contributed by atoms with Crippen molar-refractivity contribution in [3.05, 3.63) is 23.5 Å². The van der Waals surface area contributed by atoms with E-state index in [1.54, 1.807) is 0 Å². The van der Waals surface area contributed by atoms with Gasteiger partial charge in [-0.1, -0.05) is 0 Å². The van der Waals surface area contributed by atoms with Crippen molar-refractivity contribution >= 4 is 22.6 Å². The molecule has 2 aliphatic rings. The lowest BCUT2D eigenvalue weighted by atomic mass is 9.98. The van der Waals surface area contributed by atoms with Gasteiger partial charge in [0.2, 0.25) is 5.91 Å². The number of carbonyl (C=O) groups is 2. The van der Waals surface area contributed by atoms with Crippen molar-refractivity contribution in [3.63, 3.8) is 0 Å². The van der Waals surface area contributed by atoms with Gasteiger partial charge in [0.1, 0.15) is 18.1 Å². The number of nitrogens with one attached hydrogen (secondary N) is 1. The lowest BCUT2D eigenvalue weighted by Gasteiger charge is -2.40. The first-order valence-electron chi connectivity index (χ1n) is 8.15. The molecule has 3 N–H and O–H groups in total. The molecule has 0 bridgehead atoms. The number of rotatable bonds is 8. The Morgan fingerprint density at radius 3 is 2.65 bits per heavy atom. The molecule has 1 saturated heterocycles. The van der Waals surface area contributed by atoms with Gasteiger partial charge in [0.25, 0.3) is 12.3 Å². The van der Waals surface area contributed by atoms with Gasteiger partial charge in [-0.15, -0.1) is 0 Å². The Hall–Kier alpha value is -2.10. The minimum absolute atomic E-state index is 0.0137. The van der Waals surface area contributed by atoms with Crippen molar-refractivity contribution in [1.29, 1.82) is 0 Å². The van der Waals surface area contributed by atoms with Crippen LogP contribution in [-0.2, 0) is 15.6 Å². The maximum absolute atomic E-state index is 12.5. The van der Waals surface area contributed by atoms with E-state index in [1.807, 2.05) is 0 Å². The van der Waals surface area contributed by atoms with E-state index in [0.29, 0.717) is 5.56 Å². The number of amides is 2. The summed E-state index contributed by atoms with van der Waals surface area (Å²) in [5, 5.41) is 2.67. The van der Waals surface area contributed by atoms with Crippen LogP contribution in [0.1, 0.15) is 41.2 Å². The quantitative estimate of drug-likeness (QED) is 0.682. The molecule has 1 saturated carbocycles. The molecule has 26 heavy (non-hydrogen) atoms. The van der Waals surface area contributed by atoms with E-state index in [2.05, 4.69) is 10.3 Å². The molecular formula is C16H19F2N3O4S. The molecule has 0 aromatic carbocycles. The molecule has 1 aliphatic carbocycles. The highest BCUT2D eigenvalue weighted by molar-refractivity contribution is 7.86. The summed E-state index contributed by atoms with van der Waals surface area (Å²) in [7, 11) is -1.12. The van der Waals surface area contributed by atoms with Crippen LogP contribution in [0.5, 0.6) is 5.75 Å². The molecule has 0 spiro atoms. The highest BCUT2D eigenvalue weighted by atomic mass is 32.2. The molecule has 0 atom stereocenters. The minimum Gasteiger partial charge on any atom is -0.487 e. The van der Waals surface area contributed by atoms with Crippen molar-refractivity contribution in [3.8, 4) is 5.75 Å². The van der Waals surface area contributed by atoms with E-state index < -0.39 is 41.2 Å². The average molecular weight is 387 g/mol. The highest BCUT2D eigenvalue weighted by Gasteiger charge is 2.45. The SMILES string of the molecule is NC(=O)CC1(NC(=O)c2cc(OCC(F)F)c(C3CC3)cn2)CS(=O)C1. The first-order valence-corrected chi connectivity index (χ1v) is 9.63. The number of primary amides is 1. The van der Waals surface area contributed by atoms with Gasteiger partial charge in [0.15, 0.2) is 0 Å². The second-order valence-electron chi connectivity index (χ2n) is 6.69. The van der Waals surface area contributed by atoms with Crippen molar-refractivity contribution in [2.45, 2.75) is 37.1 Å². The summed E-state index contributed by atoms with van der Waals surface area (Å²) in [5.41, 5.74) is 4.95. The maximum atomic E-state index is 12.5. The van der Waals surface area contributed by atoms with Crippen LogP contribution in [0, 0.1) is 0 Å². The first kappa shape index (κ1) is 18.7. The summed E-state index contributed by atoms with van der Waals surface area (Å²) in [4.78, 5) is 27.8. The van der Waals surface area contributed by atoms with Crippen molar-refractivity contribution in [2.75, 3.05) is 18.1 Å². The number of nitrogens with two attached hydrogens (primary N) is 1. The van der Waals surface area contributed by atoms with Crippen LogP contribution in [0.25, 0.3) is 0 Å². The zero-order valence-electron chi connectivity index (χ0n) is 13.9. The van der Waals surface area contributed by atoms with Crippen LogP contribution in [-0.4, -0.2) is 51.1 Å². The van der Waals surface area contributed by atoms with Gasteiger partial charge in [0.05, 0.1) is 12.0 Å². The molecule has 1 aromatic rings. The van der Waals surface area contributed by atoms with Gasteiger partial charge in [-0.2, -0.15) is 0 Å². The molecule has 2 heterocycles. The van der Waals surface area contributed by atoms with E-state index in [4.69, 9.17) is 10.5 Å². The van der Waals surface area contributed by atoms with Crippen molar-refractivity contribution in [2.24, 2.45) is 5.73 Å². The van der Waals surface area contributed by atoms with Gasteiger partial charge < -0.3 is 15.8 Å². The van der Waals surface area contributed by atoms with E-state index >= 15 is 0 Å². The fraction of sp³-hybridized carbons (Fsp3) is 0.562. The molecule has 142 valence electrons. The Morgan fingerprint density at radius 1 is 1.42 bits per heavy atom. The fourth-order valence-corrected chi connectivity index (χ4v) is 4.48. The predicted octanol–water partition coefficient (Wildman–Crippen LogP) is 0.709. The van der Waals surface area contributed by atoms with Crippen LogP contribution in [0.3, 0.4) is 0 Å². The Morgan fingerprint density at radius 2 is 2.12 bits per heavy atom. The lowest BCUT2D eigenvalue weighted by Crippen LogP contribution is -2.64. The Bertz CT molecular complexity index is 747. The third-order valence-corrected chi connectivity index (χ3v) is 6.02. The van der Waals surface area contributed by atoms with Gasteiger partial charge >= 0.3 is 0 Å². The number of aromatic nitrogens is 1. The normalized spacial score (nSPS) is 24.8. The monoisotopic (exact) mass is 387 g/mol. The van der Waals surface area contributed by atoms with Gasteiger partial charge in [-0.3, -0.25) is 18.8 Å². The first-order chi connectivity index (χ1) is 12.3. The summed E-state index contributed by atoms with van der Waals surface area (Å²) in [6.45, 7) is -0.768. The summed E-state index contributed by atoms with van der Waals surface area (Å²) >= 11 is 0. The van der Waals surface area contributed by atoms with Crippen LogP contribution in [0.4, 0.5) is 8.78 Å². The summed E-state index contributed by atoms with van der Waals surface area (Å²) in [6, 6.07) is 1.33. The van der Waals surface area contributed by atoms with E-state index in [9.17, 15) is 22.6 Å². The minimum atomic E-state index is -2.63. The molecule has 1 aromatic heterocycles. The molecular weight excluding hydrogens is 368 g/mol. The van der Waals surface area contributed by atoms with E-state index in [0.717, 1.165) is 12.8 Å². The molecule has 1 aliphatic heterocycles. The number of hydrogen-bond acceptors (Lipinski definition) is 5. The zero-order chi connectivity index (χ0) is 18.9. The number of hydrogen-bond donors (Lipinski definition) is 2. The topological polar surface area (TPSA) is 111 Å². The molecule has 10 heteroatoms. The zero-order valence-corrected chi connectivity index (χ0v) is 14.7. The van der Waals surface area contributed by atoms with Crippen LogP contribution < -0.4 is 15.8 Å². The van der Waals surface area contributed by atoms with Crippen molar-refractivity contribution in [1.82, 2.24) is 10.3 Å². The number of nitrogens with zero attached hydrogens (tertiary/aromatic N) is 1. The Kier molecular flexibility index (Phi) is 5.22. The fourth-order valence-electron chi connectivity index (χ4n) is 2.98. The Labute approximate surface area is 151 Å². The molecule has 7 nitrogen and oxygen atoms in total. The van der Waals surface area contributed by atoms with Crippen LogP contribution >= 0.6 is 0 Å². The number of ether oxygens (including phenoxy) is 1. The Balaban J connectivity index is 1.77. The van der Waals surface area contributed by atoms with Crippen LogP contribution in [0.15, 0.2) is 12.3 Å². The molecule has 0 unspecified atom stereocenters. The third kappa shape index (κ3) is 4.35. The predicted molar refractivity (Wildman–Crippen MR) is 89.6 cm³/mol. The number of pyridine rings is 1. The smallest absolute Gasteiger partial charge is 0.272 e. The summed E-state index contributed by atoms with van der Waals surface area (Å²) in [5.74, 6) is -0.503. The number of alkyl halides is 2. The number of halogens is 2. The third-order valence-electron chi connectivity index (χ3n) is 4.28. The average Bonchev–Trinajstić information content (AvgIpc) is 3.35. The highest BCUT2D eigenvalue weighted by Crippen LogP contribution is 2.44. The largest absolute Gasteiger partial charge is 0.487 e. The van der Waals surface area contributed by atoms with E-state index in [-0.39, 0.29) is 35.3 Å². The molecule has 0 radical (unpaired) electrons. The van der Waals surface area contributed by atoms with Gasteiger partial charge in [-0.25, -0.2) is 8.78 Å². The molecule has 3 rings (SSSR count). The van der Waals surface area contributed by atoms with E-state index in [1.165, 1.54) is 12.3 Å². The van der Waals surface area contributed by atoms with Gasteiger partial charge in [-0.05, 0) is 18.8 Å². The molecule has 2 fully saturated rings. The summed E-state index contributed by atoms with van der Waals surface area (Å²) < 4.78 is 41.5. The number of carbonyl (C=O) groups excluding carboxylic acids is 2. The van der Waals surface area contributed by atoms with Crippen molar-refractivity contribution < 1.29 is 27.3 Å². The standard InChI is InChI=1S/C16H19F2N3O4S/c17-13(18)6-25-12-3-11(20-5-10(12)9-1-2-9)15(23)21-16(4-14(19)22)7-26(24)8-16/h3,5,9,13H,1-2,4,6-8H2,(H2,19,22)(H,21,23). The second-order valence-corrected chi connectivity index (χ2v) is 8.15. The summed E-state index contributed by atoms with van der Waals surface area (Å²) in [6.07, 6.45) is 0.556. The second kappa shape index (κ2) is 7.26. The van der Waals surface area contributed by atoms with Gasteiger partial charge in [0, 0.05) is 40.1 Å². The maximum Gasteiger partial charge on any atom is 0.272 e. The van der Waals surface area contributed by atoms with Crippen LogP contribution in [0.2, 0.25) is 0 Å². The molecule has 2 amide bonds.